The van der Waals surface area contributed by atoms with Crippen LogP contribution >= 0.6 is 0 Å². The number of aryl methyl sites for hydroxylation is 1. The average Bonchev–Trinajstić information content (AvgIpc) is 2.97. The van der Waals surface area contributed by atoms with E-state index in [0.29, 0.717) is 6.04 Å². The topological polar surface area (TPSA) is 56.9 Å². The van der Waals surface area contributed by atoms with Crippen molar-refractivity contribution in [3.05, 3.63) is 35.6 Å². The maximum Gasteiger partial charge on any atom is 0.317 e. The predicted octanol–water partition coefficient (Wildman–Crippen LogP) is 3.76. The Morgan fingerprint density at radius 1 is 1.31 bits per heavy atom. The number of unbranched alkanes of at least 4 members (excludes halogenated alkanes) is 1. The van der Waals surface area contributed by atoms with Gasteiger partial charge in [0.25, 0.3) is 0 Å². The highest BCUT2D eigenvalue weighted by atomic mass is 16.4. The highest BCUT2D eigenvalue weighted by Gasteiger charge is 2.25. The van der Waals surface area contributed by atoms with Crippen LogP contribution in [-0.2, 0) is 17.8 Å². The zero-order chi connectivity index (χ0) is 18.5. The summed E-state index contributed by atoms with van der Waals surface area (Å²) in [5.41, 5.74) is 2.33. The smallest absolute Gasteiger partial charge is 0.317 e. The van der Waals surface area contributed by atoms with E-state index in [2.05, 4.69) is 30.0 Å². The number of carboxylic acid groups (broad SMARTS) is 1. The van der Waals surface area contributed by atoms with Crippen LogP contribution in [0.5, 0.6) is 0 Å². The van der Waals surface area contributed by atoms with Crippen molar-refractivity contribution in [3.8, 4) is 0 Å². The minimum absolute atomic E-state index is 0.123. The maximum atomic E-state index is 10.9. The van der Waals surface area contributed by atoms with Crippen LogP contribution < -0.4 is 0 Å². The van der Waals surface area contributed by atoms with Crippen molar-refractivity contribution in [2.75, 3.05) is 26.7 Å². The van der Waals surface area contributed by atoms with Gasteiger partial charge in [0, 0.05) is 30.0 Å². The van der Waals surface area contributed by atoms with E-state index in [1.165, 1.54) is 10.9 Å². The Balaban J connectivity index is 1.67. The Morgan fingerprint density at radius 3 is 2.73 bits per heavy atom. The molecule has 142 valence electrons. The fourth-order valence-electron chi connectivity index (χ4n) is 3.95. The van der Waals surface area contributed by atoms with Gasteiger partial charge in [-0.1, -0.05) is 31.5 Å². The number of para-hydroxylation sites is 1. The fraction of sp³-hybridized carbons (Fsp3) is 0.571. The van der Waals surface area contributed by atoms with Crippen molar-refractivity contribution >= 4 is 16.9 Å². The van der Waals surface area contributed by atoms with Crippen LogP contribution in [0.4, 0.5) is 0 Å². The van der Waals surface area contributed by atoms with E-state index in [4.69, 9.17) is 9.52 Å². The van der Waals surface area contributed by atoms with Crippen molar-refractivity contribution in [2.24, 2.45) is 0 Å². The summed E-state index contributed by atoms with van der Waals surface area (Å²) < 4.78 is 6.15. The Morgan fingerprint density at radius 2 is 2.04 bits per heavy atom. The third-order valence-corrected chi connectivity index (χ3v) is 5.49. The molecule has 0 bridgehead atoms. The minimum Gasteiger partial charge on any atom is -0.480 e. The zero-order valence-electron chi connectivity index (χ0n) is 15.9. The van der Waals surface area contributed by atoms with E-state index in [-0.39, 0.29) is 6.54 Å². The molecule has 1 aliphatic heterocycles. The molecule has 1 aliphatic rings. The first-order chi connectivity index (χ1) is 12.6. The number of carbonyl (C=O) groups is 1. The standard InChI is InChI=1S/C21H30N2O3/c1-3-4-8-20-18(17-7-5-6-9-19(17)26-20)14-23-12-10-16(11-13-23)22(2)15-21(24)25/h5-7,9,16H,3-4,8,10-15H2,1-2H3,(H,24,25). The number of nitrogens with zero attached hydrogens (tertiary/aromatic N) is 2. The Hall–Kier alpha value is -1.85. The molecule has 3 rings (SSSR count). The molecule has 0 aliphatic carbocycles. The molecule has 0 saturated carbocycles. The molecule has 1 N–H and O–H groups in total. The second-order valence-corrected chi connectivity index (χ2v) is 7.42. The molecule has 1 aromatic heterocycles. The second-order valence-electron chi connectivity index (χ2n) is 7.42. The first-order valence-corrected chi connectivity index (χ1v) is 9.72. The molecule has 0 spiro atoms. The lowest BCUT2D eigenvalue weighted by atomic mass is 10.0. The molecule has 1 saturated heterocycles. The van der Waals surface area contributed by atoms with E-state index in [1.807, 2.05) is 18.0 Å². The predicted molar refractivity (Wildman–Crippen MR) is 103 cm³/mol. The number of fused-ring (bicyclic) bond motifs is 1. The second kappa shape index (κ2) is 8.69. The zero-order valence-corrected chi connectivity index (χ0v) is 15.9. The van der Waals surface area contributed by atoms with Crippen molar-refractivity contribution < 1.29 is 14.3 Å². The number of likely N-dealkylation sites (tertiary alicyclic amines) is 1. The molecule has 26 heavy (non-hydrogen) atoms. The maximum absolute atomic E-state index is 10.9. The van der Waals surface area contributed by atoms with Crippen LogP contribution in [0.3, 0.4) is 0 Å². The average molecular weight is 358 g/mol. The molecule has 2 heterocycles. The largest absolute Gasteiger partial charge is 0.480 e. The highest BCUT2D eigenvalue weighted by molar-refractivity contribution is 5.82. The van der Waals surface area contributed by atoms with Crippen LogP contribution in [0.25, 0.3) is 11.0 Å². The van der Waals surface area contributed by atoms with Gasteiger partial charge < -0.3 is 9.52 Å². The van der Waals surface area contributed by atoms with Crippen molar-refractivity contribution in [1.29, 1.82) is 0 Å². The molecule has 0 radical (unpaired) electrons. The van der Waals surface area contributed by atoms with Gasteiger partial charge in [0.1, 0.15) is 11.3 Å². The highest BCUT2D eigenvalue weighted by Crippen LogP contribution is 2.29. The Bertz CT molecular complexity index is 732. The van der Waals surface area contributed by atoms with Gasteiger partial charge in [-0.15, -0.1) is 0 Å². The molecule has 1 aromatic carbocycles. The van der Waals surface area contributed by atoms with Crippen LogP contribution in [0.2, 0.25) is 0 Å². The summed E-state index contributed by atoms with van der Waals surface area (Å²) in [5, 5.41) is 10.2. The SMILES string of the molecule is CCCCc1oc2ccccc2c1CN1CCC(N(C)CC(=O)O)CC1. The van der Waals surface area contributed by atoms with E-state index < -0.39 is 5.97 Å². The van der Waals surface area contributed by atoms with Crippen molar-refractivity contribution in [2.45, 2.75) is 51.6 Å². The summed E-state index contributed by atoms with van der Waals surface area (Å²) in [4.78, 5) is 15.4. The van der Waals surface area contributed by atoms with Crippen LogP contribution in [0, 0.1) is 0 Å². The number of piperidine rings is 1. The summed E-state index contributed by atoms with van der Waals surface area (Å²) in [6.45, 7) is 5.26. The van der Waals surface area contributed by atoms with Crippen LogP contribution in [0.1, 0.15) is 43.9 Å². The van der Waals surface area contributed by atoms with Crippen LogP contribution in [0.15, 0.2) is 28.7 Å². The molecule has 1 fully saturated rings. The molecule has 5 heteroatoms. The van der Waals surface area contributed by atoms with Crippen LogP contribution in [-0.4, -0.2) is 53.6 Å². The lowest BCUT2D eigenvalue weighted by Gasteiger charge is -2.36. The Labute approximate surface area is 155 Å². The van der Waals surface area contributed by atoms with Gasteiger partial charge in [-0.2, -0.15) is 0 Å². The fourth-order valence-corrected chi connectivity index (χ4v) is 3.95. The number of likely N-dealkylation sites (N-methyl/N-ethyl adjacent to an activating group) is 1. The van der Waals surface area contributed by atoms with Gasteiger partial charge in [0.2, 0.25) is 0 Å². The first-order valence-electron chi connectivity index (χ1n) is 9.72. The van der Waals surface area contributed by atoms with Gasteiger partial charge in [0.05, 0.1) is 6.54 Å². The molecule has 2 aromatic rings. The molecular weight excluding hydrogens is 328 g/mol. The molecule has 0 amide bonds. The molecular formula is C21H30N2O3. The van der Waals surface area contributed by atoms with Gasteiger partial charge in [-0.05, 0) is 45.5 Å². The molecule has 0 unspecified atom stereocenters. The lowest BCUT2D eigenvalue weighted by Crippen LogP contribution is -2.44. The Kier molecular flexibility index (Phi) is 6.33. The monoisotopic (exact) mass is 358 g/mol. The minimum atomic E-state index is -0.750. The number of hydrogen-bond acceptors (Lipinski definition) is 4. The summed E-state index contributed by atoms with van der Waals surface area (Å²) in [5.74, 6) is 0.388. The van der Waals surface area contributed by atoms with E-state index >= 15 is 0 Å². The van der Waals surface area contributed by atoms with E-state index in [1.54, 1.807) is 0 Å². The normalized spacial score (nSPS) is 16.6. The van der Waals surface area contributed by atoms with Crippen molar-refractivity contribution in [3.63, 3.8) is 0 Å². The summed E-state index contributed by atoms with van der Waals surface area (Å²) in [6.07, 6.45) is 5.35. The summed E-state index contributed by atoms with van der Waals surface area (Å²) >= 11 is 0. The summed E-state index contributed by atoms with van der Waals surface area (Å²) in [7, 11) is 1.92. The molecule has 5 nitrogen and oxygen atoms in total. The number of benzene rings is 1. The van der Waals surface area contributed by atoms with Crippen molar-refractivity contribution in [1.82, 2.24) is 9.80 Å². The van der Waals surface area contributed by atoms with Gasteiger partial charge in [0.15, 0.2) is 0 Å². The van der Waals surface area contributed by atoms with Gasteiger partial charge in [-0.25, -0.2) is 0 Å². The first kappa shape index (κ1) is 18.9. The number of hydrogen-bond donors (Lipinski definition) is 1. The van der Waals surface area contributed by atoms with E-state index in [0.717, 1.165) is 63.1 Å². The third-order valence-electron chi connectivity index (χ3n) is 5.49. The number of aliphatic carboxylic acids is 1. The molecule has 0 atom stereocenters. The third kappa shape index (κ3) is 4.46. The number of furan rings is 1. The number of rotatable bonds is 8. The summed E-state index contributed by atoms with van der Waals surface area (Å²) in [6, 6.07) is 8.70. The van der Waals surface area contributed by atoms with Gasteiger partial charge >= 0.3 is 5.97 Å². The number of carboxylic acids is 1. The van der Waals surface area contributed by atoms with Gasteiger partial charge in [-0.3, -0.25) is 14.6 Å². The lowest BCUT2D eigenvalue weighted by molar-refractivity contribution is -0.138. The quantitative estimate of drug-likeness (QED) is 0.779. The van der Waals surface area contributed by atoms with E-state index in [9.17, 15) is 4.79 Å².